The minimum Gasteiger partial charge on any atom is -0.370 e. The molecule has 0 spiro atoms. The van der Waals surface area contributed by atoms with Gasteiger partial charge in [-0.05, 0) is 44.1 Å². The van der Waals surface area contributed by atoms with Gasteiger partial charge >= 0.3 is 0 Å². The predicted octanol–water partition coefficient (Wildman–Crippen LogP) is 3.46. The third-order valence-corrected chi connectivity index (χ3v) is 5.04. The van der Waals surface area contributed by atoms with Gasteiger partial charge in [-0.2, -0.15) is 0 Å². The Hall–Kier alpha value is -2.04. The van der Waals surface area contributed by atoms with E-state index in [1.54, 1.807) is 0 Å². The molecule has 1 aliphatic heterocycles. The van der Waals surface area contributed by atoms with Gasteiger partial charge in [0.15, 0.2) is 0 Å². The molecule has 1 saturated carbocycles. The lowest BCUT2D eigenvalue weighted by molar-refractivity contribution is -0.117. The summed E-state index contributed by atoms with van der Waals surface area (Å²) in [6, 6.07) is 0. The second kappa shape index (κ2) is 5.55. The SMILES string of the molecule is Cc1cnc2[nH]cc(NC(=O)C3CC3)c2c1N1CCC[C@@H](C)C1. The third-order valence-electron chi connectivity index (χ3n) is 5.04. The molecule has 2 aromatic heterocycles. The highest BCUT2D eigenvalue weighted by molar-refractivity contribution is 6.07. The number of H-pyrrole nitrogens is 1. The fourth-order valence-corrected chi connectivity index (χ4v) is 3.65. The van der Waals surface area contributed by atoms with E-state index in [4.69, 9.17) is 0 Å². The van der Waals surface area contributed by atoms with Gasteiger partial charge in [-0.3, -0.25) is 4.79 Å². The number of carbonyl (C=O) groups is 1. The molecule has 2 N–H and O–H groups in total. The van der Waals surface area contributed by atoms with Gasteiger partial charge in [0.25, 0.3) is 0 Å². The largest absolute Gasteiger partial charge is 0.370 e. The highest BCUT2D eigenvalue weighted by Crippen LogP contribution is 2.38. The number of piperidine rings is 1. The predicted molar refractivity (Wildman–Crippen MR) is 92.8 cm³/mol. The summed E-state index contributed by atoms with van der Waals surface area (Å²) < 4.78 is 0. The number of pyridine rings is 1. The normalized spacial score (nSPS) is 21.7. The van der Waals surface area contributed by atoms with E-state index < -0.39 is 0 Å². The number of carbonyl (C=O) groups excluding carboxylic acids is 1. The van der Waals surface area contributed by atoms with Crippen LogP contribution in [0.25, 0.3) is 11.0 Å². The maximum atomic E-state index is 12.2. The van der Waals surface area contributed by atoms with Gasteiger partial charge in [0.05, 0.1) is 16.8 Å². The van der Waals surface area contributed by atoms with Crippen LogP contribution in [0.2, 0.25) is 0 Å². The number of fused-ring (bicyclic) bond motifs is 1. The zero-order valence-corrected chi connectivity index (χ0v) is 13.9. The maximum Gasteiger partial charge on any atom is 0.227 e. The first-order chi connectivity index (χ1) is 11.1. The van der Waals surface area contributed by atoms with Crippen LogP contribution in [-0.2, 0) is 4.79 Å². The number of aromatic nitrogens is 2. The first-order valence-electron chi connectivity index (χ1n) is 8.66. The molecule has 1 amide bonds. The number of nitrogens with one attached hydrogen (secondary N) is 2. The van der Waals surface area contributed by atoms with Crippen LogP contribution in [0.1, 0.15) is 38.2 Å². The van der Waals surface area contributed by atoms with E-state index in [-0.39, 0.29) is 11.8 Å². The number of anilines is 2. The monoisotopic (exact) mass is 312 g/mol. The zero-order valence-electron chi connectivity index (χ0n) is 13.9. The first-order valence-corrected chi connectivity index (χ1v) is 8.66. The van der Waals surface area contributed by atoms with E-state index in [0.29, 0.717) is 5.92 Å². The van der Waals surface area contributed by atoms with Crippen LogP contribution >= 0.6 is 0 Å². The molecule has 5 heteroatoms. The smallest absolute Gasteiger partial charge is 0.227 e. The minimum atomic E-state index is 0.144. The molecule has 3 heterocycles. The van der Waals surface area contributed by atoms with Crippen molar-refractivity contribution in [2.24, 2.45) is 11.8 Å². The molecule has 2 aromatic rings. The number of nitrogens with zero attached hydrogens (tertiary/aromatic N) is 2. The standard InChI is InChI=1S/C18H24N4O/c1-11-4-3-7-22(10-11)16-12(2)8-19-17-15(16)14(9-20-17)21-18(23)13-5-6-13/h8-9,11,13H,3-7,10H2,1-2H3,(H,19,20)(H,21,23)/t11-/m1/s1. The molecule has 0 radical (unpaired) electrons. The Balaban J connectivity index is 1.76. The van der Waals surface area contributed by atoms with Crippen molar-refractivity contribution >= 4 is 28.3 Å². The molecule has 1 aliphatic carbocycles. The number of aromatic amines is 1. The van der Waals surface area contributed by atoms with E-state index in [0.717, 1.165) is 42.7 Å². The fraction of sp³-hybridized carbons (Fsp3) is 0.556. The summed E-state index contributed by atoms with van der Waals surface area (Å²) in [4.78, 5) is 22.4. The summed E-state index contributed by atoms with van der Waals surface area (Å²) >= 11 is 0. The first kappa shape index (κ1) is 14.5. The lowest BCUT2D eigenvalue weighted by Crippen LogP contribution is -2.34. The van der Waals surface area contributed by atoms with Crippen molar-refractivity contribution in [3.63, 3.8) is 0 Å². The summed E-state index contributed by atoms with van der Waals surface area (Å²) in [5.74, 6) is 1.05. The number of amides is 1. The Morgan fingerprint density at radius 1 is 1.39 bits per heavy atom. The number of hydrogen-bond acceptors (Lipinski definition) is 3. The molecule has 1 saturated heterocycles. The van der Waals surface area contributed by atoms with Crippen LogP contribution in [0.3, 0.4) is 0 Å². The van der Waals surface area contributed by atoms with Gasteiger partial charge in [-0.25, -0.2) is 4.98 Å². The van der Waals surface area contributed by atoms with Crippen LogP contribution in [0.5, 0.6) is 0 Å². The van der Waals surface area contributed by atoms with E-state index in [1.807, 2.05) is 12.4 Å². The lowest BCUT2D eigenvalue weighted by atomic mass is 9.98. The molecule has 5 nitrogen and oxygen atoms in total. The minimum absolute atomic E-state index is 0.144. The van der Waals surface area contributed by atoms with Crippen LogP contribution < -0.4 is 10.2 Å². The van der Waals surface area contributed by atoms with Crippen molar-refractivity contribution < 1.29 is 4.79 Å². The molecule has 0 bridgehead atoms. The molecule has 0 unspecified atom stereocenters. The van der Waals surface area contributed by atoms with Crippen molar-refractivity contribution in [1.82, 2.24) is 9.97 Å². The van der Waals surface area contributed by atoms with Crippen LogP contribution in [0, 0.1) is 18.8 Å². The number of rotatable bonds is 3. The third kappa shape index (κ3) is 2.69. The van der Waals surface area contributed by atoms with Gasteiger partial charge in [-0.15, -0.1) is 0 Å². The summed E-state index contributed by atoms with van der Waals surface area (Å²) in [6.07, 6.45) is 8.36. The van der Waals surface area contributed by atoms with E-state index in [1.165, 1.54) is 24.1 Å². The van der Waals surface area contributed by atoms with Crippen LogP contribution in [0.15, 0.2) is 12.4 Å². The molecular weight excluding hydrogens is 288 g/mol. The van der Waals surface area contributed by atoms with Crippen molar-refractivity contribution in [3.05, 3.63) is 18.0 Å². The molecule has 122 valence electrons. The summed E-state index contributed by atoms with van der Waals surface area (Å²) in [6.45, 7) is 6.57. The van der Waals surface area contributed by atoms with E-state index in [2.05, 4.69) is 34.0 Å². The van der Waals surface area contributed by atoms with Crippen LogP contribution in [-0.4, -0.2) is 29.0 Å². The highest BCUT2D eigenvalue weighted by Gasteiger charge is 2.30. The molecule has 0 aromatic carbocycles. The average molecular weight is 312 g/mol. The summed E-state index contributed by atoms with van der Waals surface area (Å²) in [5, 5.41) is 4.17. The van der Waals surface area contributed by atoms with Gasteiger partial charge in [0.1, 0.15) is 5.65 Å². The fourth-order valence-electron chi connectivity index (χ4n) is 3.65. The second-order valence-electron chi connectivity index (χ2n) is 7.17. The maximum absolute atomic E-state index is 12.2. The number of aryl methyl sites for hydroxylation is 1. The van der Waals surface area contributed by atoms with Gasteiger partial charge in [-0.1, -0.05) is 6.92 Å². The number of hydrogen-bond donors (Lipinski definition) is 2. The van der Waals surface area contributed by atoms with Crippen LogP contribution in [0.4, 0.5) is 11.4 Å². The molecule has 1 atom stereocenters. The molecule has 2 aliphatic rings. The van der Waals surface area contributed by atoms with E-state index >= 15 is 0 Å². The Labute approximate surface area is 136 Å². The van der Waals surface area contributed by atoms with Gasteiger partial charge in [0, 0.05) is 31.4 Å². The zero-order chi connectivity index (χ0) is 16.0. The van der Waals surface area contributed by atoms with Crippen molar-refractivity contribution in [2.45, 2.75) is 39.5 Å². The lowest BCUT2D eigenvalue weighted by Gasteiger charge is -2.34. The Morgan fingerprint density at radius 3 is 2.96 bits per heavy atom. The Kier molecular flexibility index (Phi) is 3.51. The van der Waals surface area contributed by atoms with Crippen molar-refractivity contribution in [3.8, 4) is 0 Å². The summed E-state index contributed by atoms with van der Waals surface area (Å²) in [5.41, 5.74) is 4.14. The molecule has 2 fully saturated rings. The van der Waals surface area contributed by atoms with Gasteiger partial charge in [0.2, 0.25) is 5.91 Å². The van der Waals surface area contributed by atoms with E-state index in [9.17, 15) is 4.79 Å². The Bertz CT molecular complexity index is 747. The second-order valence-corrected chi connectivity index (χ2v) is 7.17. The van der Waals surface area contributed by atoms with Crippen molar-refractivity contribution in [2.75, 3.05) is 23.3 Å². The molecule has 4 rings (SSSR count). The topological polar surface area (TPSA) is 61.0 Å². The highest BCUT2D eigenvalue weighted by atomic mass is 16.2. The Morgan fingerprint density at radius 2 is 2.22 bits per heavy atom. The molecular formula is C18H24N4O. The quantitative estimate of drug-likeness (QED) is 0.912. The average Bonchev–Trinajstić information content (AvgIpc) is 3.31. The molecule has 23 heavy (non-hydrogen) atoms. The van der Waals surface area contributed by atoms with Crippen molar-refractivity contribution in [1.29, 1.82) is 0 Å². The van der Waals surface area contributed by atoms with Gasteiger partial charge < -0.3 is 15.2 Å². The summed E-state index contributed by atoms with van der Waals surface area (Å²) in [7, 11) is 0.